The summed E-state index contributed by atoms with van der Waals surface area (Å²) in [6.45, 7) is 1.47. The van der Waals surface area contributed by atoms with Crippen LogP contribution in [0.3, 0.4) is 0 Å². The van der Waals surface area contributed by atoms with Crippen molar-refractivity contribution >= 4 is 25.0 Å². The second kappa shape index (κ2) is 4.75. The van der Waals surface area contributed by atoms with Gasteiger partial charge in [-0.1, -0.05) is 0 Å². The van der Waals surface area contributed by atoms with Crippen molar-refractivity contribution < 1.29 is 23.2 Å². The molecular formula is C11H10O5P+. The lowest BCUT2D eigenvalue weighted by molar-refractivity contribution is 0.0917. The Morgan fingerprint density at radius 3 is 3.00 bits per heavy atom. The maximum absolute atomic E-state index is 11.6. The fraction of sp³-hybridized carbons (Fsp3) is 0.182. The van der Waals surface area contributed by atoms with Crippen molar-refractivity contribution in [2.24, 2.45) is 0 Å². The number of furan rings is 1. The Morgan fingerprint density at radius 2 is 2.29 bits per heavy atom. The third-order valence-corrected chi connectivity index (χ3v) is 2.75. The molecule has 1 N–H and O–H groups in total. The number of Topliss-reactive ketones (excluding diaryl/α,β-unsaturated/α-hetero) is 1. The molecule has 1 aromatic heterocycles. The first kappa shape index (κ1) is 11.9. The van der Waals surface area contributed by atoms with E-state index in [0.29, 0.717) is 11.1 Å². The Hall–Kier alpha value is -1.55. The first-order valence-corrected chi connectivity index (χ1v) is 6.01. The maximum atomic E-state index is 11.6. The van der Waals surface area contributed by atoms with Crippen LogP contribution < -0.4 is 0 Å². The zero-order chi connectivity index (χ0) is 12.4. The molecule has 0 amide bonds. The average molecular weight is 253 g/mol. The van der Waals surface area contributed by atoms with E-state index in [4.69, 9.17) is 9.31 Å². The molecule has 0 aliphatic rings. The number of hydrogen-bond acceptors (Lipinski definition) is 4. The van der Waals surface area contributed by atoms with Crippen molar-refractivity contribution in [1.82, 2.24) is 0 Å². The summed E-state index contributed by atoms with van der Waals surface area (Å²) in [5.74, 6) is -0.343. The van der Waals surface area contributed by atoms with Gasteiger partial charge in [0.1, 0.15) is 5.58 Å². The lowest BCUT2D eigenvalue weighted by Gasteiger charge is -1.97. The Labute approximate surface area is 97.9 Å². The summed E-state index contributed by atoms with van der Waals surface area (Å²) in [4.78, 5) is 20.1. The molecule has 0 radical (unpaired) electrons. The summed E-state index contributed by atoms with van der Waals surface area (Å²) < 4.78 is 19.9. The van der Waals surface area contributed by atoms with Crippen molar-refractivity contribution in [3.63, 3.8) is 0 Å². The van der Waals surface area contributed by atoms with Crippen LogP contribution in [0.25, 0.3) is 11.0 Å². The van der Waals surface area contributed by atoms with E-state index in [1.54, 1.807) is 24.5 Å². The van der Waals surface area contributed by atoms with Gasteiger partial charge in [-0.25, -0.2) is 0 Å². The molecule has 0 aliphatic heterocycles. The first-order valence-electron chi connectivity index (χ1n) is 4.88. The number of aryl methyl sites for hydroxylation is 1. The number of ketones is 1. The van der Waals surface area contributed by atoms with Gasteiger partial charge in [-0.05, 0) is 30.7 Å². The number of rotatable bonds is 4. The molecule has 2 aromatic rings. The minimum absolute atomic E-state index is 0.343. The van der Waals surface area contributed by atoms with Crippen LogP contribution in [0.1, 0.15) is 15.9 Å². The van der Waals surface area contributed by atoms with Crippen LogP contribution in [0.5, 0.6) is 0 Å². The molecule has 0 saturated heterocycles. The van der Waals surface area contributed by atoms with Gasteiger partial charge in [-0.2, -0.15) is 0 Å². The third kappa shape index (κ3) is 2.58. The van der Waals surface area contributed by atoms with Gasteiger partial charge in [-0.3, -0.25) is 4.79 Å². The fourth-order valence-electron chi connectivity index (χ4n) is 1.53. The number of benzene rings is 1. The van der Waals surface area contributed by atoms with E-state index in [-0.39, 0.29) is 5.78 Å². The van der Waals surface area contributed by atoms with Crippen LogP contribution in [-0.2, 0) is 9.09 Å². The number of carbonyl (C=O) groups is 1. The van der Waals surface area contributed by atoms with Gasteiger partial charge in [0, 0.05) is 15.5 Å². The number of fused-ring (bicyclic) bond motifs is 1. The molecule has 88 valence electrons. The molecule has 0 spiro atoms. The molecule has 6 heteroatoms. The van der Waals surface area contributed by atoms with Crippen LogP contribution in [0.4, 0.5) is 0 Å². The Balaban J connectivity index is 2.26. The number of carbonyl (C=O) groups excluding carboxylic acids is 1. The van der Waals surface area contributed by atoms with Crippen LogP contribution in [-0.4, -0.2) is 17.3 Å². The summed E-state index contributed by atoms with van der Waals surface area (Å²) in [5, 5.41) is 0.851. The molecule has 17 heavy (non-hydrogen) atoms. The smallest absolute Gasteiger partial charge is 0.464 e. The van der Waals surface area contributed by atoms with E-state index >= 15 is 0 Å². The third-order valence-electron chi connectivity index (χ3n) is 2.40. The second-order valence-corrected chi connectivity index (χ2v) is 4.30. The van der Waals surface area contributed by atoms with Crippen molar-refractivity contribution in [1.29, 1.82) is 0 Å². The van der Waals surface area contributed by atoms with E-state index < -0.39 is 14.9 Å². The molecule has 0 aliphatic carbocycles. The summed E-state index contributed by atoms with van der Waals surface area (Å²) >= 11 is 0. The number of hydrogen-bond donors (Lipinski definition) is 1. The summed E-state index contributed by atoms with van der Waals surface area (Å²) in [7, 11) is -2.74. The first-order chi connectivity index (χ1) is 8.08. The standard InChI is InChI=1S/C11H9O5P/c1-7-5-15-11-3-2-8(4-9(7)11)10(12)6-16-17(13)14/h2-5H,6H2,1H3/p+1. The minimum atomic E-state index is -2.74. The van der Waals surface area contributed by atoms with E-state index in [9.17, 15) is 9.36 Å². The predicted molar refractivity (Wildman–Crippen MR) is 61.1 cm³/mol. The summed E-state index contributed by atoms with van der Waals surface area (Å²) in [6.07, 6.45) is 1.61. The van der Waals surface area contributed by atoms with Crippen molar-refractivity contribution in [3.05, 3.63) is 35.6 Å². The van der Waals surface area contributed by atoms with Crippen LogP contribution >= 0.6 is 8.25 Å². The molecule has 5 nitrogen and oxygen atoms in total. The van der Waals surface area contributed by atoms with Crippen molar-refractivity contribution in [2.45, 2.75) is 6.92 Å². The predicted octanol–water partition coefficient (Wildman–Crippen LogP) is 2.59. The lowest BCUT2D eigenvalue weighted by Crippen LogP contribution is -2.05. The van der Waals surface area contributed by atoms with E-state index in [2.05, 4.69) is 4.52 Å². The van der Waals surface area contributed by atoms with Gasteiger partial charge in [0.2, 0.25) is 0 Å². The maximum Gasteiger partial charge on any atom is 0.695 e. The van der Waals surface area contributed by atoms with Gasteiger partial charge >= 0.3 is 8.25 Å². The molecule has 0 fully saturated rings. The fourth-order valence-corrected chi connectivity index (χ4v) is 1.75. The quantitative estimate of drug-likeness (QED) is 0.669. The van der Waals surface area contributed by atoms with Crippen molar-refractivity contribution in [3.8, 4) is 0 Å². The highest BCUT2D eigenvalue weighted by molar-refractivity contribution is 7.32. The Morgan fingerprint density at radius 1 is 1.53 bits per heavy atom. The minimum Gasteiger partial charge on any atom is -0.464 e. The van der Waals surface area contributed by atoms with Gasteiger partial charge < -0.3 is 4.42 Å². The van der Waals surface area contributed by atoms with Gasteiger partial charge in [0.25, 0.3) is 0 Å². The van der Waals surface area contributed by atoms with Crippen molar-refractivity contribution in [2.75, 3.05) is 6.61 Å². The topological polar surface area (TPSA) is 76.7 Å². The van der Waals surface area contributed by atoms with Gasteiger partial charge in [0.15, 0.2) is 12.4 Å². The highest BCUT2D eigenvalue weighted by atomic mass is 31.1. The Kier molecular flexibility index (Phi) is 3.33. The average Bonchev–Trinajstić information content (AvgIpc) is 2.67. The molecule has 1 atom stereocenters. The van der Waals surface area contributed by atoms with Gasteiger partial charge in [0.05, 0.1) is 6.26 Å². The van der Waals surface area contributed by atoms with Crippen LogP contribution in [0, 0.1) is 6.92 Å². The molecular weight excluding hydrogens is 243 g/mol. The largest absolute Gasteiger partial charge is 0.695 e. The Bertz CT molecular complexity index is 587. The monoisotopic (exact) mass is 253 g/mol. The zero-order valence-electron chi connectivity index (χ0n) is 9.04. The highest BCUT2D eigenvalue weighted by Gasteiger charge is 2.17. The van der Waals surface area contributed by atoms with Gasteiger partial charge in [-0.15, -0.1) is 9.42 Å². The molecule has 1 heterocycles. The molecule has 2 rings (SSSR count). The zero-order valence-corrected chi connectivity index (χ0v) is 9.94. The SMILES string of the molecule is Cc1coc2ccc(C(=O)CO[P+](=O)O)cc12. The molecule has 0 saturated carbocycles. The van der Waals surface area contributed by atoms with E-state index in [0.717, 1.165) is 10.9 Å². The van der Waals surface area contributed by atoms with Crippen LogP contribution in [0.15, 0.2) is 28.9 Å². The second-order valence-electron chi connectivity index (χ2n) is 3.56. The van der Waals surface area contributed by atoms with E-state index in [1.807, 2.05) is 6.92 Å². The van der Waals surface area contributed by atoms with Crippen LogP contribution in [0.2, 0.25) is 0 Å². The lowest BCUT2D eigenvalue weighted by atomic mass is 10.1. The molecule has 1 aromatic carbocycles. The summed E-state index contributed by atoms with van der Waals surface area (Å²) in [6, 6.07) is 4.97. The molecule has 0 bridgehead atoms. The van der Waals surface area contributed by atoms with E-state index in [1.165, 1.54) is 0 Å². The highest BCUT2D eigenvalue weighted by Crippen LogP contribution is 2.22. The summed E-state index contributed by atoms with van der Waals surface area (Å²) in [5.41, 5.74) is 2.07. The molecule has 1 unspecified atom stereocenters. The normalized spacial score (nSPS) is 11.8.